The van der Waals surface area contributed by atoms with E-state index in [1.807, 2.05) is 25.1 Å². The van der Waals surface area contributed by atoms with Gasteiger partial charge in [-0.25, -0.2) is 4.98 Å². The lowest BCUT2D eigenvalue weighted by molar-refractivity contribution is 0.965. The third-order valence-electron chi connectivity index (χ3n) is 3.25. The van der Waals surface area contributed by atoms with Gasteiger partial charge in [-0.1, -0.05) is 29.3 Å². The molecule has 0 unspecified atom stereocenters. The number of hydrogen-bond donors (Lipinski definition) is 1. The first-order valence-electron chi connectivity index (χ1n) is 6.71. The molecule has 1 N–H and O–H groups in total. The summed E-state index contributed by atoms with van der Waals surface area (Å²) in [4.78, 5) is 16.6. The number of nitrogens with one attached hydrogen (secondary N) is 1. The molecular formula is C16H13Cl2N3O. The Morgan fingerprint density at radius 3 is 2.73 bits per heavy atom. The maximum Gasteiger partial charge on any atom is 0.258 e. The summed E-state index contributed by atoms with van der Waals surface area (Å²) in [6.07, 6.45) is 1.78. The Bertz CT molecular complexity index is 906. The highest BCUT2D eigenvalue weighted by molar-refractivity contribution is 6.42. The first-order chi connectivity index (χ1) is 10.5. The molecule has 0 aliphatic rings. The molecule has 0 bridgehead atoms. The second-order valence-electron chi connectivity index (χ2n) is 5.00. The van der Waals surface area contributed by atoms with Crippen LogP contribution in [0.15, 0.2) is 47.4 Å². The number of anilines is 1. The fourth-order valence-electron chi connectivity index (χ4n) is 2.15. The zero-order chi connectivity index (χ0) is 15.7. The number of hydrogen-bond acceptors (Lipinski definition) is 3. The normalized spacial score (nSPS) is 10.9. The number of aromatic nitrogens is 2. The lowest BCUT2D eigenvalue weighted by atomic mass is 10.3. The van der Waals surface area contributed by atoms with Crippen molar-refractivity contribution in [3.63, 3.8) is 0 Å². The van der Waals surface area contributed by atoms with Gasteiger partial charge in [-0.3, -0.25) is 9.20 Å². The van der Waals surface area contributed by atoms with Crippen molar-refractivity contribution >= 4 is 34.5 Å². The van der Waals surface area contributed by atoms with Crippen LogP contribution in [0.5, 0.6) is 0 Å². The molecule has 112 valence electrons. The number of halogens is 2. The van der Waals surface area contributed by atoms with Crippen molar-refractivity contribution in [2.45, 2.75) is 13.5 Å². The van der Waals surface area contributed by atoms with Gasteiger partial charge >= 0.3 is 0 Å². The minimum atomic E-state index is -0.0976. The third kappa shape index (κ3) is 3.08. The van der Waals surface area contributed by atoms with Crippen molar-refractivity contribution in [1.29, 1.82) is 0 Å². The molecule has 0 radical (unpaired) electrons. The van der Waals surface area contributed by atoms with Gasteiger partial charge in [0.15, 0.2) is 0 Å². The molecule has 0 atom stereocenters. The third-order valence-corrected chi connectivity index (χ3v) is 3.99. The Kier molecular flexibility index (Phi) is 4.05. The first-order valence-corrected chi connectivity index (χ1v) is 7.46. The van der Waals surface area contributed by atoms with E-state index >= 15 is 0 Å². The average molecular weight is 334 g/mol. The monoisotopic (exact) mass is 333 g/mol. The zero-order valence-electron chi connectivity index (χ0n) is 11.8. The lowest BCUT2D eigenvalue weighted by Gasteiger charge is -2.08. The molecule has 0 spiro atoms. The second-order valence-corrected chi connectivity index (χ2v) is 5.82. The van der Waals surface area contributed by atoms with Crippen LogP contribution in [-0.4, -0.2) is 9.38 Å². The van der Waals surface area contributed by atoms with E-state index in [0.717, 1.165) is 11.3 Å². The highest BCUT2D eigenvalue weighted by Gasteiger charge is 2.04. The van der Waals surface area contributed by atoms with Crippen LogP contribution in [0, 0.1) is 6.92 Å². The maximum atomic E-state index is 12.1. The molecule has 0 aliphatic heterocycles. The highest BCUT2D eigenvalue weighted by Crippen LogP contribution is 2.25. The largest absolute Gasteiger partial charge is 0.379 e. The van der Waals surface area contributed by atoms with Gasteiger partial charge < -0.3 is 5.32 Å². The van der Waals surface area contributed by atoms with Gasteiger partial charge in [0.25, 0.3) is 5.56 Å². The van der Waals surface area contributed by atoms with Crippen molar-refractivity contribution < 1.29 is 0 Å². The number of benzene rings is 1. The minimum Gasteiger partial charge on any atom is -0.379 e. The summed E-state index contributed by atoms with van der Waals surface area (Å²) in [6, 6.07) is 10.6. The predicted octanol–water partition coefficient (Wildman–Crippen LogP) is 3.92. The maximum absolute atomic E-state index is 12.1. The standard InChI is InChI=1S/C16H13Cl2N3O/c1-10-2-5-15-20-12(7-16(22)21(15)9-10)8-19-11-3-4-13(17)14(18)6-11/h2-7,9,19H,8H2,1H3. The van der Waals surface area contributed by atoms with Gasteiger partial charge in [-0.15, -0.1) is 0 Å². The quantitative estimate of drug-likeness (QED) is 0.790. The van der Waals surface area contributed by atoms with Gasteiger partial charge in [-0.05, 0) is 36.8 Å². The smallest absolute Gasteiger partial charge is 0.258 e. The molecule has 4 nitrogen and oxygen atoms in total. The molecule has 0 saturated carbocycles. The minimum absolute atomic E-state index is 0.0976. The number of nitrogens with zero attached hydrogens (tertiary/aromatic N) is 2. The number of fused-ring (bicyclic) bond motifs is 1. The first kappa shape index (κ1) is 14.9. The molecular weight excluding hydrogens is 321 g/mol. The fraction of sp³-hybridized carbons (Fsp3) is 0.125. The number of pyridine rings is 1. The molecule has 6 heteroatoms. The van der Waals surface area contributed by atoms with Crippen LogP contribution >= 0.6 is 23.2 Å². The molecule has 3 aromatic rings. The summed E-state index contributed by atoms with van der Waals surface area (Å²) < 4.78 is 1.54. The van der Waals surface area contributed by atoms with Gasteiger partial charge in [-0.2, -0.15) is 0 Å². The molecule has 1 aromatic carbocycles. The van der Waals surface area contributed by atoms with E-state index in [2.05, 4.69) is 10.3 Å². The van der Waals surface area contributed by atoms with Crippen LogP contribution < -0.4 is 10.9 Å². The molecule has 0 aliphatic carbocycles. The van der Waals surface area contributed by atoms with Crippen LogP contribution in [-0.2, 0) is 6.54 Å². The van der Waals surface area contributed by atoms with Gasteiger partial charge in [0, 0.05) is 18.0 Å². The van der Waals surface area contributed by atoms with E-state index in [9.17, 15) is 4.79 Å². The van der Waals surface area contributed by atoms with Crippen molar-refractivity contribution in [3.05, 3.63) is 74.3 Å². The van der Waals surface area contributed by atoms with E-state index in [-0.39, 0.29) is 5.56 Å². The lowest BCUT2D eigenvalue weighted by Crippen LogP contribution is -2.17. The summed E-state index contributed by atoms with van der Waals surface area (Å²) in [6.45, 7) is 2.36. The van der Waals surface area contributed by atoms with Crippen LogP contribution in [0.4, 0.5) is 5.69 Å². The van der Waals surface area contributed by atoms with Crippen molar-refractivity contribution in [2.24, 2.45) is 0 Å². The van der Waals surface area contributed by atoms with E-state index in [4.69, 9.17) is 23.2 Å². The molecule has 0 fully saturated rings. The Balaban J connectivity index is 1.86. The Morgan fingerprint density at radius 1 is 1.14 bits per heavy atom. The highest BCUT2D eigenvalue weighted by atomic mass is 35.5. The van der Waals surface area contributed by atoms with Gasteiger partial charge in [0.2, 0.25) is 0 Å². The van der Waals surface area contributed by atoms with E-state index < -0.39 is 0 Å². The molecule has 3 rings (SSSR count). The topological polar surface area (TPSA) is 46.4 Å². The predicted molar refractivity (Wildman–Crippen MR) is 90.0 cm³/mol. The number of aryl methyl sites for hydroxylation is 1. The number of rotatable bonds is 3. The molecule has 0 saturated heterocycles. The Morgan fingerprint density at radius 2 is 1.95 bits per heavy atom. The van der Waals surface area contributed by atoms with Crippen LogP contribution in [0.2, 0.25) is 10.0 Å². The van der Waals surface area contributed by atoms with Crippen LogP contribution in [0.3, 0.4) is 0 Å². The Hall–Kier alpha value is -2.04. The second kappa shape index (κ2) is 5.99. The Labute approximate surface area is 137 Å². The molecule has 2 heterocycles. The van der Waals surface area contributed by atoms with Crippen molar-refractivity contribution in [3.8, 4) is 0 Å². The molecule has 22 heavy (non-hydrogen) atoms. The van der Waals surface area contributed by atoms with Gasteiger partial charge in [0.05, 0.1) is 22.3 Å². The van der Waals surface area contributed by atoms with E-state index in [1.54, 1.807) is 18.3 Å². The summed E-state index contributed by atoms with van der Waals surface area (Å²) >= 11 is 11.9. The van der Waals surface area contributed by atoms with Crippen LogP contribution in [0.1, 0.15) is 11.3 Å². The summed E-state index contributed by atoms with van der Waals surface area (Å²) in [5.41, 5.74) is 3.03. The molecule has 2 aromatic heterocycles. The SMILES string of the molecule is Cc1ccc2nc(CNc3ccc(Cl)c(Cl)c3)cc(=O)n2c1. The fourth-order valence-corrected chi connectivity index (χ4v) is 2.45. The summed E-state index contributed by atoms with van der Waals surface area (Å²) in [5.74, 6) is 0. The zero-order valence-corrected chi connectivity index (χ0v) is 13.3. The summed E-state index contributed by atoms with van der Waals surface area (Å²) in [7, 11) is 0. The average Bonchev–Trinajstić information content (AvgIpc) is 2.49. The van der Waals surface area contributed by atoms with Crippen molar-refractivity contribution in [2.75, 3.05) is 5.32 Å². The van der Waals surface area contributed by atoms with Crippen molar-refractivity contribution in [1.82, 2.24) is 9.38 Å². The van der Waals surface area contributed by atoms with E-state index in [0.29, 0.717) is 27.9 Å². The van der Waals surface area contributed by atoms with Gasteiger partial charge in [0.1, 0.15) is 5.65 Å². The van der Waals surface area contributed by atoms with Crippen LogP contribution in [0.25, 0.3) is 5.65 Å². The molecule has 0 amide bonds. The van der Waals surface area contributed by atoms with E-state index in [1.165, 1.54) is 10.5 Å². The summed E-state index contributed by atoms with van der Waals surface area (Å²) in [5, 5.41) is 4.16.